The molecule has 0 N–H and O–H groups in total. The van der Waals surface area contributed by atoms with Gasteiger partial charge in [0.25, 0.3) is 5.91 Å². The number of hydrogen-bond donors (Lipinski definition) is 0. The van der Waals surface area contributed by atoms with Gasteiger partial charge >= 0.3 is 0 Å². The largest absolute Gasteiger partial charge is 0.337 e. The van der Waals surface area contributed by atoms with E-state index < -0.39 is 0 Å². The zero-order chi connectivity index (χ0) is 10.7. The summed E-state index contributed by atoms with van der Waals surface area (Å²) in [7, 11) is 1.77. The first kappa shape index (κ1) is 11.5. The van der Waals surface area contributed by atoms with Gasteiger partial charge in [-0.3, -0.25) is 4.79 Å². The summed E-state index contributed by atoms with van der Waals surface area (Å²) in [6.45, 7) is 6.15. The van der Waals surface area contributed by atoms with Crippen molar-refractivity contribution in [3.8, 4) is 0 Å². The van der Waals surface area contributed by atoms with Crippen LogP contribution in [0.1, 0.15) is 15.2 Å². The molecule has 1 rings (SSSR count). The molecule has 14 heavy (non-hydrogen) atoms. The first-order valence-electron chi connectivity index (χ1n) is 4.18. The van der Waals surface area contributed by atoms with E-state index in [1.165, 1.54) is 11.3 Å². The van der Waals surface area contributed by atoms with Gasteiger partial charge in [-0.1, -0.05) is 6.08 Å². The third-order valence-corrected chi connectivity index (χ3v) is 3.94. The second kappa shape index (κ2) is 4.75. The van der Waals surface area contributed by atoms with Crippen LogP contribution >= 0.6 is 27.3 Å². The monoisotopic (exact) mass is 273 g/mol. The summed E-state index contributed by atoms with van der Waals surface area (Å²) in [5.41, 5.74) is 1.10. The zero-order valence-electron chi connectivity index (χ0n) is 8.21. The average molecular weight is 274 g/mol. The molecule has 1 aromatic heterocycles. The highest BCUT2D eigenvalue weighted by molar-refractivity contribution is 9.11. The molecule has 0 atom stereocenters. The number of amides is 1. The maximum absolute atomic E-state index is 11.8. The summed E-state index contributed by atoms with van der Waals surface area (Å²) in [6.07, 6.45) is 1.72. The van der Waals surface area contributed by atoms with E-state index in [2.05, 4.69) is 22.5 Å². The summed E-state index contributed by atoms with van der Waals surface area (Å²) in [5.74, 6) is 0.0451. The van der Waals surface area contributed by atoms with E-state index in [0.717, 1.165) is 14.2 Å². The molecule has 0 saturated heterocycles. The lowest BCUT2D eigenvalue weighted by molar-refractivity contribution is 0.0815. The van der Waals surface area contributed by atoms with Crippen molar-refractivity contribution < 1.29 is 4.79 Å². The van der Waals surface area contributed by atoms with Crippen LogP contribution in [-0.2, 0) is 0 Å². The molecule has 0 unspecified atom stereocenters. The zero-order valence-corrected chi connectivity index (χ0v) is 10.6. The third-order valence-electron chi connectivity index (χ3n) is 1.82. The van der Waals surface area contributed by atoms with Crippen molar-refractivity contribution in [2.24, 2.45) is 0 Å². The molecule has 0 fully saturated rings. The number of likely N-dealkylation sites (N-methyl/N-ethyl adjacent to an activating group) is 1. The predicted octanol–water partition coefficient (Wildman–Crippen LogP) is 3.08. The molecule has 0 saturated carbocycles. The second-order valence-electron chi connectivity index (χ2n) is 3.04. The van der Waals surface area contributed by atoms with Crippen LogP contribution in [0.5, 0.6) is 0 Å². The highest BCUT2D eigenvalue weighted by atomic mass is 79.9. The van der Waals surface area contributed by atoms with E-state index in [4.69, 9.17) is 0 Å². The Hall–Kier alpha value is -0.610. The molecule has 4 heteroatoms. The number of carbonyl (C=O) groups excluding carboxylic acids is 1. The molecule has 0 aromatic carbocycles. The first-order chi connectivity index (χ1) is 6.56. The molecule has 0 aliphatic heterocycles. The van der Waals surface area contributed by atoms with Gasteiger partial charge in [-0.05, 0) is 34.5 Å². The molecule has 1 aromatic rings. The van der Waals surface area contributed by atoms with Gasteiger partial charge in [0.2, 0.25) is 0 Å². The Bertz CT molecular complexity index is 340. The smallest absolute Gasteiger partial charge is 0.263 e. The van der Waals surface area contributed by atoms with Crippen molar-refractivity contribution in [3.63, 3.8) is 0 Å². The normalized spacial score (nSPS) is 9.93. The minimum absolute atomic E-state index is 0.0451. The maximum atomic E-state index is 11.8. The lowest BCUT2D eigenvalue weighted by Gasteiger charge is -2.12. The van der Waals surface area contributed by atoms with Gasteiger partial charge in [0.05, 0.1) is 8.66 Å². The fourth-order valence-corrected chi connectivity index (χ4v) is 2.56. The summed E-state index contributed by atoms with van der Waals surface area (Å²) < 4.78 is 1.02. The van der Waals surface area contributed by atoms with Crippen molar-refractivity contribution in [1.29, 1.82) is 0 Å². The number of hydrogen-bond acceptors (Lipinski definition) is 2. The van der Waals surface area contributed by atoms with E-state index >= 15 is 0 Å². The number of rotatable bonds is 3. The lowest BCUT2D eigenvalue weighted by Crippen LogP contribution is -2.25. The van der Waals surface area contributed by atoms with Gasteiger partial charge in [0.15, 0.2) is 0 Å². The van der Waals surface area contributed by atoms with Crippen LogP contribution in [0, 0.1) is 6.92 Å². The minimum atomic E-state index is 0.0451. The molecule has 1 heterocycles. The quantitative estimate of drug-likeness (QED) is 0.776. The molecule has 1 amide bonds. The van der Waals surface area contributed by atoms with Crippen LogP contribution in [0.15, 0.2) is 22.5 Å². The van der Waals surface area contributed by atoms with Gasteiger partial charge in [-0.2, -0.15) is 0 Å². The molecule has 2 nitrogen and oxygen atoms in total. The van der Waals surface area contributed by atoms with E-state index in [0.29, 0.717) is 6.54 Å². The van der Waals surface area contributed by atoms with Crippen LogP contribution in [-0.4, -0.2) is 24.4 Å². The molecular weight excluding hydrogens is 262 g/mol. The number of halogens is 1. The van der Waals surface area contributed by atoms with Gasteiger partial charge in [0, 0.05) is 13.6 Å². The molecule has 0 aliphatic carbocycles. The summed E-state index contributed by atoms with van der Waals surface area (Å²) in [6, 6.07) is 1.90. The molecule has 0 spiro atoms. The Balaban J connectivity index is 2.83. The summed E-state index contributed by atoms with van der Waals surface area (Å²) in [5, 5.41) is 0. The Morgan fingerprint density at radius 3 is 2.86 bits per heavy atom. The highest BCUT2D eigenvalue weighted by Gasteiger charge is 2.14. The highest BCUT2D eigenvalue weighted by Crippen LogP contribution is 2.27. The molecule has 76 valence electrons. The Morgan fingerprint density at radius 2 is 2.43 bits per heavy atom. The number of thiophene rings is 1. The topological polar surface area (TPSA) is 20.3 Å². The van der Waals surface area contributed by atoms with Crippen molar-refractivity contribution >= 4 is 33.2 Å². The van der Waals surface area contributed by atoms with Crippen molar-refractivity contribution in [2.45, 2.75) is 6.92 Å². The van der Waals surface area contributed by atoms with Crippen molar-refractivity contribution in [3.05, 3.63) is 32.9 Å². The Morgan fingerprint density at radius 1 is 1.79 bits per heavy atom. The van der Waals surface area contributed by atoms with Crippen LogP contribution in [0.4, 0.5) is 0 Å². The average Bonchev–Trinajstić information content (AvgIpc) is 2.46. The van der Waals surface area contributed by atoms with E-state index in [1.807, 2.05) is 13.0 Å². The van der Waals surface area contributed by atoms with Gasteiger partial charge in [0.1, 0.15) is 0 Å². The Labute approximate surface area is 96.4 Å². The fraction of sp³-hybridized carbons (Fsp3) is 0.300. The molecule has 0 bridgehead atoms. The molecular formula is C10H12BrNOS. The number of nitrogens with zero attached hydrogens (tertiary/aromatic N) is 1. The van der Waals surface area contributed by atoms with Crippen LogP contribution < -0.4 is 0 Å². The summed E-state index contributed by atoms with van der Waals surface area (Å²) >= 11 is 4.87. The van der Waals surface area contributed by atoms with E-state index in [9.17, 15) is 4.79 Å². The van der Waals surface area contributed by atoms with E-state index in [1.54, 1.807) is 18.0 Å². The number of carbonyl (C=O) groups is 1. The molecule has 0 radical (unpaired) electrons. The van der Waals surface area contributed by atoms with Gasteiger partial charge < -0.3 is 4.90 Å². The fourth-order valence-electron chi connectivity index (χ4n) is 1.03. The minimum Gasteiger partial charge on any atom is -0.337 e. The van der Waals surface area contributed by atoms with Crippen LogP contribution in [0.25, 0.3) is 0 Å². The maximum Gasteiger partial charge on any atom is 0.263 e. The van der Waals surface area contributed by atoms with Gasteiger partial charge in [-0.15, -0.1) is 17.9 Å². The van der Waals surface area contributed by atoms with Crippen molar-refractivity contribution in [2.75, 3.05) is 13.6 Å². The summed E-state index contributed by atoms with van der Waals surface area (Å²) in [4.78, 5) is 14.2. The second-order valence-corrected chi connectivity index (χ2v) is 5.41. The van der Waals surface area contributed by atoms with Gasteiger partial charge in [-0.25, -0.2) is 0 Å². The van der Waals surface area contributed by atoms with Crippen molar-refractivity contribution in [1.82, 2.24) is 4.90 Å². The van der Waals surface area contributed by atoms with Crippen LogP contribution in [0.2, 0.25) is 0 Å². The Kier molecular flexibility index (Phi) is 3.89. The SMILES string of the molecule is C=CCN(C)C(=O)c1cc(C)c(Br)s1. The van der Waals surface area contributed by atoms with E-state index in [-0.39, 0.29) is 5.91 Å². The lowest BCUT2D eigenvalue weighted by atomic mass is 10.3. The van der Waals surface area contributed by atoms with Crippen LogP contribution in [0.3, 0.4) is 0 Å². The molecule has 0 aliphatic rings. The third kappa shape index (κ3) is 2.45. The standard InChI is InChI=1S/C10H12BrNOS/c1-4-5-12(3)10(13)8-6-7(2)9(11)14-8/h4,6H,1,5H2,2-3H3. The first-order valence-corrected chi connectivity index (χ1v) is 5.79. The predicted molar refractivity (Wildman–Crippen MR) is 63.9 cm³/mol. The number of aryl methyl sites for hydroxylation is 1.